The van der Waals surface area contributed by atoms with Crippen LogP contribution in [0.25, 0.3) is 0 Å². The molecule has 4 heteroatoms. The lowest BCUT2D eigenvalue weighted by atomic mass is 9.98. The predicted molar refractivity (Wildman–Crippen MR) is 76.4 cm³/mol. The van der Waals surface area contributed by atoms with Crippen LogP contribution in [0.15, 0.2) is 10.5 Å². The Hall–Kier alpha value is -1.55. The van der Waals surface area contributed by atoms with Crippen molar-refractivity contribution in [1.29, 1.82) is 0 Å². The number of nitrogens with zero attached hydrogens (tertiary/aromatic N) is 2. The van der Waals surface area contributed by atoms with E-state index in [1.165, 1.54) is 16.8 Å². The highest BCUT2D eigenvalue weighted by molar-refractivity contribution is 5.35. The number of aryl methyl sites for hydroxylation is 4. The van der Waals surface area contributed by atoms with Gasteiger partial charge in [-0.15, -0.1) is 0 Å². The summed E-state index contributed by atoms with van der Waals surface area (Å²) in [6.07, 6.45) is 0.911. The molecule has 0 saturated heterocycles. The summed E-state index contributed by atoms with van der Waals surface area (Å²) < 4.78 is 7.69. The molecule has 0 aromatic carbocycles. The van der Waals surface area contributed by atoms with Gasteiger partial charge in [0, 0.05) is 30.8 Å². The first kappa shape index (κ1) is 13.9. The first-order valence-corrected chi connectivity index (χ1v) is 6.67. The van der Waals surface area contributed by atoms with Gasteiger partial charge in [0.15, 0.2) is 0 Å². The minimum Gasteiger partial charge on any atom is -0.466 e. The van der Waals surface area contributed by atoms with Gasteiger partial charge in [-0.05, 0) is 46.4 Å². The van der Waals surface area contributed by atoms with Gasteiger partial charge in [-0.1, -0.05) is 0 Å². The van der Waals surface area contributed by atoms with Crippen LogP contribution in [0.2, 0.25) is 0 Å². The number of hydrogen-bond donors (Lipinski definition) is 1. The second kappa shape index (κ2) is 5.21. The second-order valence-corrected chi connectivity index (χ2v) is 5.20. The number of hydrogen-bond acceptors (Lipinski definition) is 3. The van der Waals surface area contributed by atoms with Crippen LogP contribution >= 0.6 is 0 Å². The average Bonchev–Trinajstić information content (AvgIpc) is 2.77. The maximum absolute atomic E-state index is 5.74. The molecule has 2 rings (SSSR count). The zero-order chi connectivity index (χ0) is 14.2. The van der Waals surface area contributed by atoms with E-state index in [1.54, 1.807) is 0 Å². The van der Waals surface area contributed by atoms with Gasteiger partial charge in [0.1, 0.15) is 11.5 Å². The van der Waals surface area contributed by atoms with E-state index in [9.17, 15) is 0 Å². The predicted octanol–water partition coefficient (Wildman–Crippen LogP) is 2.75. The Kier molecular flexibility index (Phi) is 3.80. The van der Waals surface area contributed by atoms with E-state index in [-0.39, 0.29) is 6.04 Å². The Labute approximate surface area is 114 Å². The van der Waals surface area contributed by atoms with Crippen LogP contribution in [0.4, 0.5) is 0 Å². The van der Waals surface area contributed by atoms with Crippen molar-refractivity contribution in [3.8, 4) is 0 Å². The maximum Gasteiger partial charge on any atom is 0.106 e. The summed E-state index contributed by atoms with van der Waals surface area (Å²) in [5.41, 5.74) is 4.81. The quantitative estimate of drug-likeness (QED) is 0.920. The fourth-order valence-electron chi connectivity index (χ4n) is 2.73. The molecule has 1 N–H and O–H groups in total. The number of aromatic nitrogens is 2. The highest BCUT2D eigenvalue weighted by Crippen LogP contribution is 2.29. The molecule has 0 aliphatic heterocycles. The van der Waals surface area contributed by atoms with Gasteiger partial charge >= 0.3 is 0 Å². The van der Waals surface area contributed by atoms with Crippen LogP contribution in [0.3, 0.4) is 0 Å². The monoisotopic (exact) mass is 261 g/mol. The summed E-state index contributed by atoms with van der Waals surface area (Å²) in [5, 5.41) is 7.80. The van der Waals surface area contributed by atoms with Gasteiger partial charge in [-0.3, -0.25) is 4.68 Å². The zero-order valence-corrected chi connectivity index (χ0v) is 12.7. The summed E-state index contributed by atoms with van der Waals surface area (Å²) in [4.78, 5) is 0. The van der Waals surface area contributed by atoms with Gasteiger partial charge in [0.25, 0.3) is 0 Å². The van der Waals surface area contributed by atoms with Gasteiger partial charge in [-0.25, -0.2) is 0 Å². The zero-order valence-electron chi connectivity index (χ0n) is 12.7. The Bertz CT molecular complexity index is 580. The Balaban J connectivity index is 2.33. The molecule has 1 atom stereocenters. The molecule has 0 spiro atoms. The van der Waals surface area contributed by atoms with Gasteiger partial charge in [-0.2, -0.15) is 5.10 Å². The van der Waals surface area contributed by atoms with Gasteiger partial charge in [0.2, 0.25) is 0 Å². The molecule has 0 saturated carbocycles. The second-order valence-electron chi connectivity index (χ2n) is 5.20. The molecular formula is C15H23N3O. The van der Waals surface area contributed by atoms with Gasteiger partial charge in [0.05, 0.1) is 5.69 Å². The molecule has 19 heavy (non-hydrogen) atoms. The molecule has 2 aromatic heterocycles. The topological polar surface area (TPSA) is 43.0 Å². The molecule has 104 valence electrons. The van der Waals surface area contributed by atoms with E-state index in [2.05, 4.69) is 23.4 Å². The van der Waals surface area contributed by atoms with Crippen molar-refractivity contribution >= 4 is 0 Å². The van der Waals surface area contributed by atoms with E-state index in [4.69, 9.17) is 4.42 Å². The molecule has 0 aliphatic rings. The highest BCUT2D eigenvalue weighted by atomic mass is 16.3. The molecule has 0 radical (unpaired) electrons. The van der Waals surface area contributed by atoms with Crippen molar-refractivity contribution in [1.82, 2.24) is 15.1 Å². The average molecular weight is 261 g/mol. The van der Waals surface area contributed by atoms with Crippen LogP contribution in [-0.4, -0.2) is 16.8 Å². The molecule has 0 aliphatic carbocycles. The SMILES string of the molecule is CNC(Cc1cc(C)nn1C)c1c(C)oc(C)c1C. The molecule has 1 unspecified atom stereocenters. The van der Waals surface area contributed by atoms with Crippen LogP contribution in [-0.2, 0) is 13.5 Å². The summed E-state index contributed by atoms with van der Waals surface area (Å²) in [6.45, 7) is 8.21. The molecule has 0 bridgehead atoms. The first-order valence-electron chi connectivity index (χ1n) is 6.67. The summed E-state index contributed by atoms with van der Waals surface area (Å²) in [7, 11) is 3.99. The fraction of sp³-hybridized carbons (Fsp3) is 0.533. The number of furan rings is 1. The van der Waals surface area contributed by atoms with Crippen molar-refractivity contribution in [2.75, 3.05) is 7.05 Å². The van der Waals surface area contributed by atoms with E-state index >= 15 is 0 Å². The summed E-state index contributed by atoms with van der Waals surface area (Å²) in [5.74, 6) is 2.02. The lowest BCUT2D eigenvalue weighted by molar-refractivity contribution is 0.487. The normalized spacial score (nSPS) is 12.9. The number of likely N-dealkylation sites (N-methyl/N-ethyl adjacent to an activating group) is 1. The molecule has 2 aromatic rings. The highest BCUT2D eigenvalue weighted by Gasteiger charge is 2.21. The molecule has 2 heterocycles. The van der Waals surface area contributed by atoms with E-state index < -0.39 is 0 Å². The lowest BCUT2D eigenvalue weighted by Gasteiger charge is -2.17. The van der Waals surface area contributed by atoms with Crippen LogP contribution in [0, 0.1) is 27.7 Å². The standard InChI is InChI=1S/C15H23N3O/c1-9-7-13(18(6)17-9)8-14(16-5)15-10(2)11(3)19-12(15)4/h7,14,16H,8H2,1-6H3. The molecule has 0 fully saturated rings. The maximum atomic E-state index is 5.74. The third-order valence-corrected chi connectivity index (χ3v) is 3.83. The molecule has 4 nitrogen and oxygen atoms in total. The summed E-state index contributed by atoms with van der Waals surface area (Å²) >= 11 is 0. The molecular weight excluding hydrogens is 238 g/mol. The van der Waals surface area contributed by atoms with E-state index in [1.807, 2.05) is 39.5 Å². The van der Waals surface area contributed by atoms with Crippen molar-refractivity contribution in [3.05, 3.63) is 40.1 Å². The van der Waals surface area contributed by atoms with Crippen molar-refractivity contribution < 1.29 is 4.42 Å². The largest absolute Gasteiger partial charge is 0.466 e. The minimum absolute atomic E-state index is 0.257. The van der Waals surface area contributed by atoms with E-state index in [0.29, 0.717) is 0 Å². The molecule has 0 amide bonds. The van der Waals surface area contributed by atoms with E-state index in [0.717, 1.165) is 23.6 Å². The number of rotatable bonds is 4. The van der Waals surface area contributed by atoms with Crippen LogP contribution < -0.4 is 5.32 Å². The number of nitrogens with one attached hydrogen (secondary N) is 1. The van der Waals surface area contributed by atoms with Crippen LogP contribution in [0.5, 0.6) is 0 Å². The van der Waals surface area contributed by atoms with Crippen LogP contribution in [0.1, 0.15) is 40.1 Å². The third-order valence-electron chi connectivity index (χ3n) is 3.83. The third kappa shape index (κ3) is 2.59. The minimum atomic E-state index is 0.257. The van der Waals surface area contributed by atoms with Gasteiger partial charge < -0.3 is 9.73 Å². The first-order chi connectivity index (χ1) is 8.93. The fourth-order valence-corrected chi connectivity index (χ4v) is 2.73. The Morgan fingerprint density at radius 1 is 1.26 bits per heavy atom. The van der Waals surface area contributed by atoms with Crippen molar-refractivity contribution in [3.63, 3.8) is 0 Å². The Morgan fingerprint density at radius 2 is 1.95 bits per heavy atom. The Morgan fingerprint density at radius 3 is 2.37 bits per heavy atom. The summed E-state index contributed by atoms with van der Waals surface area (Å²) in [6, 6.07) is 2.40. The van der Waals surface area contributed by atoms with Crippen molar-refractivity contribution in [2.45, 2.75) is 40.2 Å². The van der Waals surface area contributed by atoms with Crippen molar-refractivity contribution in [2.24, 2.45) is 7.05 Å². The smallest absolute Gasteiger partial charge is 0.106 e. The lowest BCUT2D eigenvalue weighted by Crippen LogP contribution is -2.21.